The lowest BCUT2D eigenvalue weighted by Crippen LogP contribution is -2.22. The van der Waals surface area contributed by atoms with E-state index in [2.05, 4.69) is 15.3 Å². The summed E-state index contributed by atoms with van der Waals surface area (Å²) >= 11 is 0. The molecule has 4 nitrogen and oxygen atoms in total. The van der Waals surface area contributed by atoms with Gasteiger partial charge in [-0.15, -0.1) is 0 Å². The molecule has 1 aromatic carbocycles. The average molecular weight is 283 g/mol. The summed E-state index contributed by atoms with van der Waals surface area (Å²) in [5, 5.41) is 3.49. The fourth-order valence-corrected chi connectivity index (χ4v) is 2.27. The van der Waals surface area contributed by atoms with E-state index in [1.54, 1.807) is 18.5 Å². The first-order valence-electron chi connectivity index (χ1n) is 6.70. The van der Waals surface area contributed by atoms with Gasteiger partial charge in [0.15, 0.2) is 0 Å². The first kappa shape index (κ1) is 13.3. The van der Waals surface area contributed by atoms with Crippen LogP contribution < -0.4 is 5.32 Å². The molecule has 106 valence electrons. The van der Waals surface area contributed by atoms with Crippen LogP contribution in [0.15, 0.2) is 42.7 Å². The topological polar surface area (TPSA) is 57.8 Å². The average Bonchev–Trinajstić information content (AvgIpc) is 2.90. The van der Waals surface area contributed by atoms with Crippen molar-refractivity contribution in [2.24, 2.45) is 0 Å². The minimum atomic E-state index is -0.300. The molecule has 0 aliphatic heterocycles. The van der Waals surface area contributed by atoms with E-state index in [1.165, 1.54) is 12.1 Å². The maximum Gasteiger partial charge on any atom is 0.253 e. The Kier molecular flexibility index (Phi) is 3.39. The molecular formula is C16H14FN3O. The van der Waals surface area contributed by atoms with Crippen molar-refractivity contribution in [2.75, 3.05) is 6.54 Å². The van der Waals surface area contributed by atoms with E-state index in [-0.39, 0.29) is 11.7 Å². The van der Waals surface area contributed by atoms with Crippen molar-refractivity contribution in [2.45, 2.75) is 6.92 Å². The van der Waals surface area contributed by atoms with Crippen LogP contribution in [0, 0.1) is 5.82 Å². The summed E-state index contributed by atoms with van der Waals surface area (Å²) < 4.78 is 13.3. The van der Waals surface area contributed by atoms with E-state index < -0.39 is 0 Å². The number of aromatic amines is 1. The molecule has 0 aliphatic carbocycles. The number of halogens is 1. The molecule has 2 heterocycles. The van der Waals surface area contributed by atoms with Gasteiger partial charge in [0.25, 0.3) is 5.91 Å². The van der Waals surface area contributed by atoms with E-state index in [0.717, 1.165) is 16.5 Å². The fourth-order valence-electron chi connectivity index (χ4n) is 2.27. The molecule has 0 bridgehead atoms. The molecule has 3 aromatic rings. The van der Waals surface area contributed by atoms with Crippen LogP contribution in [0.2, 0.25) is 0 Å². The van der Waals surface area contributed by atoms with Gasteiger partial charge >= 0.3 is 0 Å². The Labute approximate surface area is 121 Å². The number of benzene rings is 1. The van der Waals surface area contributed by atoms with Crippen LogP contribution in [0.5, 0.6) is 0 Å². The summed E-state index contributed by atoms with van der Waals surface area (Å²) in [7, 11) is 0. The van der Waals surface area contributed by atoms with Crippen molar-refractivity contribution in [3.05, 3.63) is 54.1 Å². The van der Waals surface area contributed by atoms with Crippen molar-refractivity contribution in [3.63, 3.8) is 0 Å². The second-order valence-electron chi connectivity index (χ2n) is 4.69. The zero-order valence-corrected chi connectivity index (χ0v) is 11.5. The van der Waals surface area contributed by atoms with Crippen LogP contribution in [-0.2, 0) is 0 Å². The molecule has 21 heavy (non-hydrogen) atoms. The van der Waals surface area contributed by atoms with Gasteiger partial charge in [0.2, 0.25) is 0 Å². The van der Waals surface area contributed by atoms with E-state index in [9.17, 15) is 9.18 Å². The molecule has 2 aromatic heterocycles. The van der Waals surface area contributed by atoms with Gasteiger partial charge in [-0.1, -0.05) is 12.1 Å². The molecule has 2 N–H and O–H groups in total. The Morgan fingerprint density at radius 1 is 1.33 bits per heavy atom. The summed E-state index contributed by atoms with van der Waals surface area (Å²) in [6.45, 7) is 2.42. The van der Waals surface area contributed by atoms with Gasteiger partial charge in [0.1, 0.15) is 11.5 Å². The summed E-state index contributed by atoms with van der Waals surface area (Å²) in [6.07, 6.45) is 3.30. The highest BCUT2D eigenvalue weighted by Crippen LogP contribution is 2.25. The first-order chi connectivity index (χ1) is 10.2. The van der Waals surface area contributed by atoms with E-state index >= 15 is 0 Å². The second-order valence-corrected chi connectivity index (χ2v) is 4.69. The zero-order valence-electron chi connectivity index (χ0n) is 11.5. The van der Waals surface area contributed by atoms with Gasteiger partial charge in [-0.2, -0.15) is 0 Å². The smallest absolute Gasteiger partial charge is 0.253 e. The molecule has 0 aliphatic rings. The van der Waals surface area contributed by atoms with Gasteiger partial charge in [0, 0.05) is 29.9 Å². The number of fused-ring (bicyclic) bond motifs is 1. The molecule has 0 spiro atoms. The number of pyridine rings is 1. The number of rotatable bonds is 3. The third kappa shape index (κ3) is 2.50. The summed E-state index contributed by atoms with van der Waals surface area (Å²) in [6, 6.07) is 8.15. The summed E-state index contributed by atoms with van der Waals surface area (Å²) in [4.78, 5) is 19.3. The Hall–Kier alpha value is -2.69. The molecule has 0 unspecified atom stereocenters. The Bertz CT molecular complexity index is 810. The molecule has 3 rings (SSSR count). The van der Waals surface area contributed by atoms with Crippen molar-refractivity contribution in [1.29, 1.82) is 0 Å². The van der Waals surface area contributed by atoms with Crippen LogP contribution >= 0.6 is 0 Å². The molecule has 0 saturated carbocycles. The van der Waals surface area contributed by atoms with Crippen molar-refractivity contribution in [1.82, 2.24) is 15.3 Å². The minimum Gasteiger partial charge on any atom is -0.352 e. The number of aromatic nitrogens is 2. The highest BCUT2D eigenvalue weighted by Gasteiger charge is 2.13. The monoisotopic (exact) mass is 283 g/mol. The molecule has 1 amide bonds. The number of hydrogen-bond acceptors (Lipinski definition) is 2. The number of nitrogens with one attached hydrogen (secondary N) is 2. The normalized spacial score (nSPS) is 10.8. The zero-order chi connectivity index (χ0) is 14.8. The van der Waals surface area contributed by atoms with Crippen molar-refractivity contribution < 1.29 is 9.18 Å². The third-order valence-electron chi connectivity index (χ3n) is 3.27. The lowest BCUT2D eigenvalue weighted by Gasteiger charge is -2.03. The Balaban J connectivity index is 2.10. The van der Waals surface area contributed by atoms with E-state index in [4.69, 9.17) is 0 Å². The fraction of sp³-hybridized carbons (Fsp3) is 0.125. The van der Waals surface area contributed by atoms with Crippen LogP contribution in [0.1, 0.15) is 17.3 Å². The highest BCUT2D eigenvalue weighted by atomic mass is 19.1. The second kappa shape index (κ2) is 5.36. The molecule has 0 fully saturated rings. The molecule has 0 saturated heterocycles. The van der Waals surface area contributed by atoms with Gasteiger partial charge in [-0.05, 0) is 30.7 Å². The maximum absolute atomic E-state index is 13.3. The SMILES string of the molecule is CCNC(=O)c1c[nH]c2ncc(-c3cccc(F)c3)cc12. The van der Waals surface area contributed by atoms with Crippen LogP contribution in [0.3, 0.4) is 0 Å². The van der Waals surface area contributed by atoms with Crippen LogP contribution in [0.25, 0.3) is 22.2 Å². The summed E-state index contributed by atoms with van der Waals surface area (Å²) in [5.41, 5.74) is 2.67. The van der Waals surface area contributed by atoms with Gasteiger partial charge < -0.3 is 10.3 Å². The van der Waals surface area contributed by atoms with E-state index in [0.29, 0.717) is 17.8 Å². The van der Waals surface area contributed by atoms with Gasteiger partial charge in [0.05, 0.1) is 5.56 Å². The molecule has 5 heteroatoms. The number of amides is 1. The van der Waals surface area contributed by atoms with Crippen LogP contribution in [0.4, 0.5) is 4.39 Å². The molecule has 0 radical (unpaired) electrons. The van der Waals surface area contributed by atoms with Gasteiger partial charge in [-0.3, -0.25) is 4.79 Å². The minimum absolute atomic E-state index is 0.151. The Morgan fingerprint density at radius 2 is 2.19 bits per heavy atom. The van der Waals surface area contributed by atoms with Crippen molar-refractivity contribution >= 4 is 16.9 Å². The highest BCUT2D eigenvalue weighted by molar-refractivity contribution is 6.06. The largest absolute Gasteiger partial charge is 0.352 e. The summed E-state index contributed by atoms with van der Waals surface area (Å²) in [5.74, 6) is -0.451. The number of carbonyl (C=O) groups excluding carboxylic acids is 1. The number of nitrogens with zero attached hydrogens (tertiary/aromatic N) is 1. The molecule has 0 atom stereocenters. The van der Waals surface area contributed by atoms with Crippen LogP contribution in [-0.4, -0.2) is 22.4 Å². The lowest BCUT2D eigenvalue weighted by atomic mass is 10.1. The molecular weight excluding hydrogens is 269 g/mol. The lowest BCUT2D eigenvalue weighted by molar-refractivity contribution is 0.0957. The standard InChI is InChI=1S/C16H14FN3O/c1-2-18-16(21)14-9-20-15-13(14)7-11(8-19-15)10-4-3-5-12(17)6-10/h3-9H,2H2,1H3,(H,18,21)(H,19,20). The number of carbonyl (C=O) groups is 1. The Morgan fingerprint density at radius 3 is 2.95 bits per heavy atom. The first-order valence-corrected chi connectivity index (χ1v) is 6.70. The van der Waals surface area contributed by atoms with Gasteiger partial charge in [-0.25, -0.2) is 9.37 Å². The third-order valence-corrected chi connectivity index (χ3v) is 3.27. The quantitative estimate of drug-likeness (QED) is 0.776. The number of H-pyrrole nitrogens is 1. The predicted molar refractivity (Wildman–Crippen MR) is 79.5 cm³/mol. The predicted octanol–water partition coefficient (Wildman–Crippen LogP) is 3.12. The van der Waals surface area contributed by atoms with Crippen molar-refractivity contribution in [3.8, 4) is 11.1 Å². The maximum atomic E-state index is 13.3. The van der Waals surface area contributed by atoms with E-state index in [1.807, 2.05) is 19.1 Å². The number of hydrogen-bond donors (Lipinski definition) is 2.